The van der Waals surface area contributed by atoms with Crippen LogP contribution in [0.1, 0.15) is 49.9 Å². The third-order valence-corrected chi connectivity index (χ3v) is 5.62. The normalized spacial score (nSPS) is 10.5. The second-order valence-corrected chi connectivity index (χ2v) is 7.63. The molecule has 0 aliphatic heterocycles. The lowest BCUT2D eigenvalue weighted by atomic mass is 10.1. The van der Waals surface area contributed by atoms with Crippen molar-refractivity contribution in [3.63, 3.8) is 0 Å². The Kier molecular flexibility index (Phi) is 7.34. The molecular formula is C22H20FN3O6S. The van der Waals surface area contributed by atoms with E-state index in [9.17, 15) is 23.6 Å². The molecule has 3 rings (SSSR count). The zero-order valence-corrected chi connectivity index (χ0v) is 18.8. The zero-order chi connectivity index (χ0) is 24.1. The van der Waals surface area contributed by atoms with Crippen LogP contribution >= 0.6 is 11.3 Å². The van der Waals surface area contributed by atoms with Crippen molar-refractivity contribution in [3.8, 4) is 5.69 Å². The quantitative estimate of drug-likeness (QED) is 0.523. The fraction of sp³-hybridized carbons (Fsp3) is 0.227. The van der Waals surface area contributed by atoms with E-state index in [1.165, 1.54) is 42.1 Å². The predicted molar refractivity (Wildman–Crippen MR) is 119 cm³/mol. The molecule has 172 valence electrons. The number of thiophene rings is 1. The molecule has 0 unspecified atom stereocenters. The second-order valence-electron chi connectivity index (χ2n) is 6.60. The first-order valence-corrected chi connectivity index (χ1v) is 10.7. The number of anilines is 1. The molecule has 2 aromatic heterocycles. The molecule has 3 aromatic rings. The van der Waals surface area contributed by atoms with Crippen molar-refractivity contribution in [1.29, 1.82) is 0 Å². The van der Waals surface area contributed by atoms with Crippen LogP contribution in [0.3, 0.4) is 0 Å². The molecule has 0 spiro atoms. The smallest absolute Gasteiger partial charge is 0.348 e. The minimum atomic E-state index is -0.890. The van der Waals surface area contributed by atoms with Crippen LogP contribution in [0.2, 0.25) is 0 Å². The summed E-state index contributed by atoms with van der Waals surface area (Å²) >= 11 is 0.834. The maximum atomic E-state index is 13.2. The van der Waals surface area contributed by atoms with Gasteiger partial charge in [0.15, 0.2) is 5.69 Å². The van der Waals surface area contributed by atoms with Crippen molar-refractivity contribution in [2.75, 3.05) is 18.5 Å². The number of benzene rings is 1. The van der Waals surface area contributed by atoms with Crippen LogP contribution in [0.25, 0.3) is 5.69 Å². The number of carbonyl (C=O) groups excluding carboxylic acids is 3. The van der Waals surface area contributed by atoms with Crippen molar-refractivity contribution in [1.82, 2.24) is 9.78 Å². The van der Waals surface area contributed by atoms with Gasteiger partial charge in [-0.2, -0.15) is 5.10 Å². The summed E-state index contributed by atoms with van der Waals surface area (Å²) in [4.78, 5) is 50.1. The minimum Gasteiger partial charge on any atom is -0.462 e. The van der Waals surface area contributed by atoms with Gasteiger partial charge in [-0.05, 0) is 50.6 Å². The van der Waals surface area contributed by atoms with Crippen molar-refractivity contribution >= 4 is 34.2 Å². The molecule has 1 aromatic carbocycles. The molecule has 0 saturated carbocycles. The summed E-state index contributed by atoms with van der Waals surface area (Å²) in [6, 6.07) is 6.43. The van der Waals surface area contributed by atoms with Crippen LogP contribution in [0.5, 0.6) is 0 Å². The average Bonchev–Trinajstić information content (AvgIpc) is 3.10. The number of nitrogens with zero attached hydrogens (tertiary/aromatic N) is 2. The standard InChI is InChI=1S/C22H20FN3O6S/c1-4-31-21(29)16-12(3)18(22(30)32-5-2)33-20(16)24-19(28)17-15(27)10-11-26(25-17)14-8-6-13(23)7-9-14/h6-11H,4-5H2,1-3H3,(H,24,28). The highest BCUT2D eigenvalue weighted by Gasteiger charge is 2.28. The number of esters is 2. The number of rotatable bonds is 7. The monoisotopic (exact) mass is 473 g/mol. The Hall–Kier alpha value is -3.86. The first-order chi connectivity index (χ1) is 15.8. The third-order valence-electron chi connectivity index (χ3n) is 4.43. The highest BCUT2D eigenvalue weighted by Crippen LogP contribution is 2.34. The maximum Gasteiger partial charge on any atom is 0.348 e. The molecule has 0 aliphatic rings. The molecule has 0 saturated heterocycles. The molecule has 1 amide bonds. The van der Waals surface area contributed by atoms with Crippen LogP contribution in [0.15, 0.2) is 41.3 Å². The fourth-order valence-corrected chi connectivity index (χ4v) is 3.99. The molecule has 1 N–H and O–H groups in total. The van der Waals surface area contributed by atoms with Gasteiger partial charge in [0.25, 0.3) is 5.91 Å². The van der Waals surface area contributed by atoms with Gasteiger partial charge in [0.05, 0.1) is 24.5 Å². The van der Waals surface area contributed by atoms with E-state index in [4.69, 9.17) is 9.47 Å². The number of hydrogen-bond donors (Lipinski definition) is 1. The molecule has 33 heavy (non-hydrogen) atoms. The summed E-state index contributed by atoms with van der Waals surface area (Å²) < 4.78 is 24.5. The number of nitrogens with one attached hydrogen (secondary N) is 1. The number of halogens is 1. The highest BCUT2D eigenvalue weighted by atomic mass is 32.1. The van der Waals surface area contributed by atoms with Crippen molar-refractivity contribution in [2.24, 2.45) is 0 Å². The first kappa shape index (κ1) is 23.8. The van der Waals surface area contributed by atoms with Crippen LogP contribution in [0, 0.1) is 12.7 Å². The van der Waals surface area contributed by atoms with E-state index in [2.05, 4.69) is 10.4 Å². The van der Waals surface area contributed by atoms with E-state index in [1.54, 1.807) is 13.8 Å². The van der Waals surface area contributed by atoms with Gasteiger partial charge >= 0.3 is 11.9 Å². The van der Waals surface area contributed by atoms with Gasteiger partial charge in [-0.1, -0.05) is 0 Å². The Morgan fingerprint density at radius 1 is 1.06 bits per heavy atom. The molecule has 9 nitrogen and oxygen atoms in total. The van der Waals surface area contributed by atoms with Crippen LogP contribution in [-0.2, 0) is 9.47 Å². The predicted octanol–water partition coefficient (Wildman–Crippen LogP) is 3.35. The Labute approximate surface area is 191 Å². The van der Waals surface area contributed by atoms with Gasteiger partial charge in [-0.3, -0.25) is 9.59 Å². The summed E-state index contributed by atoms with van der Waals surface area (Å²) in [6.45, 7) is 5.01. The molecule has 0 fully saturated rings. The maximum absolute atomic E-state index is 13.2. The van der Waals surface area contributed by atoms with Crippen molar-refractivity contribution in [3.05, 3.63) is 74.3 Å². The summed E-state index contributed by atoms with van der Waals surface area (Å²) in [5, 5.41) is 6.55. The summed E-state index contributed by atoms with van der Waals surface area (Å²) in [7, 11) is 0. The van der Waals surface area contributed by atoms with Crippen LogP contribution in [-0.4, -0.2) is 40.8 Å². The van der Waals surface area contributed by atoms with Gasteiger partial charge in [-0.15, -0.1) is 11.3 Å². The second kappa shape index (κ2) is 10.2. The molecule has 11 heteroatoms. The van der Waals surface area contributed by atoms with Crippen molar-refractivity contribution in [2.45, 2.75) is 20.8 Å². The average molecular weight is 473 g/mol. The number of aromatic nitrogens is 2. The SMILES string of the molecule is CCOC(=O)c1sc(NC(=O)c2nn(-c3ccc(F)cc3)ccc2=O)c(C(=O)OCC)c1C. The minimum absolute atomic E-state index is 0.00644. The highest BCUT2D eigenvalue weighted by molar-refractivity contribution is 7.18. The fourth-order valence-electron chi connectivity index (χ4n) is 2.91. The van der Waals surface area contributed by atoms with E-state index < -0.39 is 34.8 Å². The van der Waals surface area contributed by atoms with E-state index in [0.29, 0.717) is 5.69 Å². The number of amides is 1. The lowest BCUT2D eigenvalue weighted by Gasteiger charge is -2.09. The van der Waals surface area contributed by atoms with E-state index in [-0.39, 0.29) is 34.2 Å². The molecule has 0 aliphatic carbocycles. The Morgan fingerprint density at radius 2 is 1.70 bits per heavy atom. The molecule has 2 heterocycles. The lowest BCUT2D eigenvalue weighted by Crippen LogP contribution is -2.25. The Morgan fingerprint density at radius 3 is 2.33 bits per heavy atom. The van der Waals surface area contributed by atoms with Crippen LogP contribution in [0.4, 0.5) is 9.39 Å². The number of carbonyl (C=O) groups is 3. The Bertz CT molecular complexity index is 1270. The van der Waals surface area contributed by atoms with Crippen LogP contribution < -0.4 is 10.7 Å². The molecule has 0 atom stereocenters. The lowest BCUT2D eigenvalue weighted by molar-refractivity contribution is 0.0527. The van der Waals surface area contributed by atoms with Crippen molar-refractivity contribution < 1.29 is 28.2 Å². The first-order valence-electron chi connectivity index (χ1n) is 9.91. The van der Waals surface area contributed by atoms with Gasteiger partial charge in [0, 0.05) is 12.3 Å². The third kappa shape index (κ3) is 5.14. The summed E-state index contributed by atoms with van der Waals surface area (Å²) in [5.41, 5.74) is -0.415. The van der Waals surface area contributed by atoms with Gasteiger partial charge in [0.2, 0.25) is 5.43 Å². The topological polar surface area (TPSA) is 117 Å². The van der Waals surface area contributed by atoms with Gasteiger partial charge in [-0.25, -0.2) is 18.7 Å². The molecular weight excluding hydrogens is 453 g/mol. The van der Waals surface area contributed by atoms with Gasteiger partial charge < -0.3 is 14.8 Å². The summed E-state index contributed by atoms with van der Waals surface area (Å²) in [6.07, 6.45) is 1.34. The van der Waals surface area contributed by atoms with E-state index in [0.717, 1.165) is 17.4 Å². The number of hydrogen-bond acceptors (Lipinski definition) is 8. The summed E-state index contributed by atoms with van der Waals surface area (Å²) in [5.74, 6) is -2.72. The zero-order valence-electron chi connectivity index (χ0n) is 18.0. The number of ether oxygens (including phenoxy) is 2. The van der Waals surface area contributed by atoms with E-state index >= 15 is 0 Å². The van der Waals surface area contributed by atoms with E-state index in [1.807, 2.05) is 0 Å². The molecule has 0 radical (unpaired) electrons. The largest absolute Gasteiger partial charge is 0.462 e. The molecule has 0 bridgehead atoms. The van der Waals surface area contributed by atoms with Gasteiger partial charge in [0.1, 0.15) is 15.7 Å². The Balaban J connectivity index is 2.00.